The van der Waals surface area contributed by atoms with Crippen LogP contribution >= 0.6 is 0 Å². The van der Waals surface area contributed by atoms with Gasteiger partial charge in [-0.15, -0.1) is 0 Å². The monoisotopic (exact) mass is 197 g/mol. The Kier molecular flexibility index (Phi) is 2.61. The standard InChI is InChI=1S/C12H23NO/c1-11(2)8-12(9-14-11)6-4-10(13-3)5-7-12/h10,13H,4-9H2,1-3H3. The molecule has 1 N–H and O–H groups in total. The minimum absolute atomic E-state index is 0.131. The molecule has 2 nitrogen and oxygen atoms in total. The van der Waals surface area contributed by atoms with Gasteiger partial charge in [-0.3, -0.25) is 0 Å². The van der Waals surface area contributed by atoms with E-state index < -0.39 is 0 Å². The summed E-state index contributed by atoms with van der Waals surface area (Å²) >= 11 is 0. The summed E-state index contributed by atoms with van der Waals surface area (Å²) in [5, 5.41) is 3.39. The van der Waals surface area contributed by atoms with Crippen LogP contribution in [0.15, 0.2) is 0 Å². The smallest absolute Gasteiger partial charge is 0.0632 e. The molecule has 0 atom stereocenters. The summed E-state index contributed by atoms with van der Waals surface area (Å²) < 4.78 is 5.88. The van der Waals surface area contributed by atoms with E-state index in [-0.39, 0.29) is 5.60 Å². The second kappa shape index (κ2) is 3.49. The van der Waals surface area contributed by atoms with Gasteiger partial charge in [-0.05, 0) is 58.4 Å². The molecule has 82 valence electrons. The van der Waals surface area contributed by atoms with E-state index in [4.69, 9.17) is 4.74 Å². The van der Waals surface area contributed by atoms with Crippen molar-refractivity contribution in [1.29, 1.82) is 0 Å². The van der Waals surface area contributed by atoms with E-state index in [2.05, 4.69) is 26.2 Å². The molecule has 1 aliphatic heterocycles. The lowest BCUT2D eigenvalue weighted by Gasteiger charge is -2.36. The van der Waals surface area contributed by atoms with Gasteiger partial charge in [-0.1, -0.05) is 0 Å². The maximum Gasteiger partial charge on any atom is 0.0632 e. The average molecular weight is 197 g/mol. The number of hydrogen-bond donors (Lipinski definition) is 1. The lowest BCUT2D eigenvalue weighted by molar-refractivity contribution is 0.0278. The van der Waals surface area contributed by atoms with Crippen molar-refractivity contribution in [3.63, 3.8) is 0 Å². The normalized spacial score (nSPS) is 41.8. The summed E-state index contributed by atoms with van der Waals surface area (Å²) in [5.41, 5.74) is 0.656. The molecule has 1 saturated carbocycles. The van der Waals surface area contributed by atoms with Gasteiger partial charge in [0.2, 0.25) is 0 Å². The quantitative estimate of drug-likeness (QED) is 0.696. The van der Waals surface area contributed by atoms with Crippen LogP contribution in [0, 0.1) is 5.41 Å². The maximum atomic E-state index is 5.88. The summed E-state index contributed by atoms with van der Waals surface area (Å²) in [6.07, 6.45) is 6.62. The van der Waals surface area contributed by atoms with E-state index in [1.165, 1.54) is 32.1 Å². The SMILES string of the molecule is CNC1CCC2(CC1)COC(C)(C)C2. The third kappa shape index (κ3) is 1.96. The zero-order valence-electron chi connectivity index (χ0n) is 9.73. The molecule has 0 aromatic carbocycles. The summed E-state index contributed by atoms with van der Waals surface area (Å²) in [5.74, 6) is 0. The van der Waals surface area contributed by atoms with Crippen molar-refractivity contribution in [3.8, 4) is 0 Å². The summed E-state index contributed by atoms with van der Waals surface area (Å²) in [6, 6.07) is 0.754. The zero-order valence-corrected chi connectivity index (χ0v) is 9.73. The highest BCUT2D eigenvalue weighted by Crippen LogP contribution is 2.48. The molecule has 14 heavy (non-hydrogen) atoms. The zero-order chi connectivity index (χ0) is 10.2. The first-order valence-corrected chi connectivity index (χ1v) is 5.87. The molecule has 0 radical (unpaired) electrons. The van der Waals surface area contributed by atoms with Crippen LogP contribution in [-0.4, -0.2) is 25.3 Å². The van der Waals surface area contributed by atoms with Gasteiger partial charge in [0, 0.05) is 6.04 Å². The maximum absolute atomic E-state index is 5.88. The Labute approximate surface area is 87.4 Å². The van der Waals surface area contributed by atoms with Crippen LogP contribution in [0.5, 0.6) is 0 Å². The highest BCUT2D eigenvalue weighted by molar-refractivity contribution is 4.96. The molecule has 0 unspecified atom stereocenters. The Morgan fingerprint density at radius 1 is 1.21 bits per heavy atom. The van der Waals surface area contributed by atoms with Crippen LogP contribution < -0.4 is 5.32 Å². The van der Waals surface area contributed by atoms with Crippen LogP contribution in [0.25, 0.3) is 0 Å². The highest BCUT2D eigenvalue weighted by Gasteiger charge is 2.45. The largest absolute Gasteiger partial charge is 0.375 e. The van der Waals surface area contributed by atoms with Crippen LogP contribution in [0.1, 0.15) is 46.0 Å². The van der Waals surface area contributed by atoms with E-state index >= 15 is 0 Å². The third-order valence-corrected chi connectivity index (χ3v) is 4.02. The van der Waals surface area contributed by atoms with Gasteiger partial charge in [-0.2, -0.15) is 0 Å². The summed E-state index contributed by atoms with van der Waals surface area (Å²) in [7, 11) is 2.08. The molecule has 0 aromatic rings. The molecule has 0 amide bonds. The fourth-order valence-electron chi connectivity index (χ4n) is 3.19. The predicted molar refractivity (Wildman–Crippen MR) is 58.4 cm³/mol. The minimum atomic E-state index is 0.131. The minimum Gasteiger partial charge on any atom is -0.375 e. The predicted octanol–water partition coefficient (Wildman–Crippen LogP) is 2.33. The topological polar surface area (TPSA) is 21.3 Å². The molecule has 1 spiro atoms. The molecular weight excluding hydrogens is 174 g/mol. The first-order valence-electron chi connectivity index (χ1n) is 5.87. The fourth-order valence-corrected chi connectivity index (χ4v) is 3.19. The Morgan fingerprint density at radius 3 is 2.29 bits per heavy atom. The van der Waals surface area contributed by atoms with Crippen molar-refractivity contribution >= 4 is 0 Å². The second-order valence-electron chi connectivity index (χ2n) is 5.79. The van der Waals surface area contributed by atoms with E-state index in [9.17, 15) is 0 Å². The first-order chi connectivity index (χ1) is 6.55. The van der Waals surface area contributed by atoms with Gasteiger partial charge in [-0.25, -0.2) is 0 Å². The molecule has 0 aromatic heterocycles. The van der Waals surface area contributed by atoms with Crippen molar-refractivity contribution in [2.75, 3.05) is 13.7 Å². The number of nitrogens with one attached hydrogen (secondary N) is 1. The molecule has 2 fully saturated rings. The van der Waals surface area contributed by atoms with E-state index in [0.717, 1.165) is 12.6 Å². The first kappa shape index (κ1) is 10.4. The van der Waals surface area contributed by atoms with Crippen LogP contribution in [-0.2, 0) is 4.74 Å². The summed E-state index contributed by atoms with van der Waals surface area (Å²) in [6.45, 7) is 5.45. The molecule has 2 rings (SSSR count). The van der Waals surface area contributed by atoms with E-state index in [1.54, 1.807) is 0 Å². The number of hydrogen-bond acceptors (Lipinski definition) is 2. The Balaban J connectivity index is 1.94. The van der Waals surface area contributed by atoms with Crippen molar-refractivity contribution in [3.05, 3.63) is 0 Å². The van der Waals surface area contributed by atoms with Crippen molar-refractivity contribution in [1.82, 2.24) is 5.32 Å². The van der Waals surface area contributed by atoms with Crippen LogP contribution in [0.2, 0.25) is 0 Å². The van der Waals surface area contributed by atoms with Crippen molar-refractivity contribution < 1.29 is 4.74 Å². The number of rotatable bonds is 1. The van der Waals surface area contributed by atoms with Gasteiger partial charge in [0.1, 0.15) is 0 Å². The Morgan fingerprint density at radius 2 is 1.86 bits per heavy atom. The van der Waals surface area contributed by atoms with Gasteiger partial charge >= 0.3 is 0 Å². The second-order valence-corrected chi connectivity index (χ2v) is 5.79. The van der Waals surface area contributed by atoms with Gasteiger partial charge in [0.25, 0.3) is 0 Å². The summed E-state index contributed by atoms with van der Waals surface area (Å²) in [4.78, 5) is 0. The van der Waals surface area contributed by atoms with Crippen LogP contribution in [0.4, 0.5) is 0 Å². The molecule has 2 heteroatoms. The molecule has 0 bridgehead atoms. The Bertz CT molecular complexity index is 204. The van der Waals surface area contributed by atoms with Crippen LogP contribution in [0.3, 0.4) is 0 Å². The third-order valence-electron chi connectivity index (χ3n) is 4.02. The lowest BCUT2D eigenvalue weighted by Crippen LogP contribution is -2.36. The van der Waals surface area contributed by atoms with Gasteiger partial charge < -0.3 is 10.1 Å². The fraction of sp³-hybridized carbons (Fsp3) is 1.00. The van der Waals surface area contributed by atoms with Crippen molar-refractivity contribution in [2.45, 2.75) is 57.6 Å². The average Bonchev–Trinajstić information content (AvgIpc) is 2.44. The van der Waals surface area contributed by atoms with Gasteiger partial charge in [0.05, 0.1) is 12.2 Å². The van der Waals surface area contributed by atoms with Crippen molar-refractivity contribution in [2.24, 2.45) is 5.41 Å². The molecule has 1 aliphatic carbocycles. The molecule has 1 heterocycles. The van der Waals surface area contributed by atoms with Gasteiger partial charge in [0.15, 0.2) is 0 Å². The van der Waals surface area contributed by atoms with E-state index in [1.807, 2.05) is 0 Å². The Hall–Kier alpha value is -0.0800. The lowest BCUT2D eigenvalue weighted by atomic mass is 9.70. The van der Waals surface area contributed by atoms with E-state index in [0.29, 0.717) is 5.41 Å². The number of ether oxygens (including phenoxy) is 1. The molecular formula is C12H23NO. The molecule has 1 saturated heterocycles. The molecule has 2 aliphatic rings. The highest BCUT2D eigenvalue weighted by atomic mass is 16.5.